The molecule has 96 valence electrons. The molecule has 4 nitrogen and oxygen atoms in total. The third kappa shape index (κ3) is 2.73. The van der Waals surface area contributed by atoms with Crippen molar-refractivity contribution in [2.45, 2.75) is 13.3 Å². The van der Waals surface area contributed by atoms with Gasteiger partial charge in [-0.05, 0) is 31.2 Å². The van der Waals surface area contributed by atoms with Gasteiger partial charge >= 0.3 is 0 Å². The van der Waals surface area contributed by atoms with Gasteiger partial charge in [0, 0.05) is 12.6 Å². The minimum Gasteiger partial charge on any atom is -0.493 e. The molecule has 0 saturated carbocycles. The number of nitrogens with zero attached hydrogens (tertiary/aromatic N) is 3. The summed E-state index contributed by atoms with van der Waals surface area (Å²) in [4.78, 5) is 4.43. The lowest BCUT2D eigenvalue weighted by atomic mass is 10.2. The molecule has 0 radical (unpaired) electrons. The number of ether oxygens (including phenoxy) is 1. The maximum Gasteiger partial charge on any atom is 0.155 e. The van der Waals surface area contributed by atoms with Crippen molar-refractivity contribution in [2.24, 2.45) is 0 Å². The standard InChI is InChI=1S/C15H15N3O/c1-12-5-7-13(8-6-12)19-11-9-14-16-15-4-2-3-10-18(15)17-14/h2-8,10H,9,11H2,1H3. The van der Waals surface area contributed by atoms with Crippen LogP contribution in [0.2, 0.25) is 0 Å². The number of pyridine rings is 1. The summed E-state index contributed by atoms with van der Waals surface area (Å²) in [6.07, 6.45) is 2.60. The quantitative estimate of drug-likeness (QED) is 0.717. The van der Waals surface area contributed by atoms with Crippen molar-refractivity contribution in [1.82, 2.24) is 14.6 Å². The van der Waals surface area contributed by atoms with Crippen molar-refractivity contribution in [3.8, 4) is 5.75 Å². The third-order valence-electron chi connectivity index (χ3n) is 2.90. The van der Waals surface area contributed by atoms with Crippen LogP contribution in [0.15, 0.2) is 48.7 Å². The van der Waals surface area contributed by atoms with Gasteiger partial charge in [-0.2, -0.15) is 5.10 Å². The first-order chi connectivity index (χ1) is 9.31. The van der Waals surface area contributed by atoms with Gasteiger partial charge in [-0.3, -0.25) is 0 Å². The number of hydrogen-bond donors (Lipinski definition) is 0. The predicted molar refractivity (Wildman–Crippen MR) is 73.4 cm³/mol. The highest BCUT2D eigenvalue weighted by atomic mass is 16.5. The molecule has 0 saturated heterocycles. The molecule has 0 N–H and O–H groups in total. The van der Waals surface area contributed by atoms with Gasteiger partial charge in [-0.15, -0.1) is 0 Å². The number of benzene rings is 1. The normalized spacial score (nSPS) is 10.8. The molecule has 0 unspecified atom stereocenters. The summed E-state index contributed by atoms with van der Waals surface area (Å²) in [5.41, 5.74) is 2.10. The van der Waals surface area contributed by atoms with Gasteiger partial charge in [0.25, 0.3) is 0 Å². The lowest BCUT2D eigenvalue weighted by molar-refractivity contribution is 0.319. The highest BCUT2D eigenvalue weighted by molar-refractivity contribution is 5.36. The molecular formula is C15H15N3O. The highest BCUT2D eigenvalue weighted by Gasteiger charge is 2.03. The molecule has 19 heavy (non-hydrogen) atoms. The van der Waals surface area contributed by atoms with E-state index < -0.39 is 0 Å². The first-order valence-electron chi connectivity index (χ1n) is 6.31. The number of hydrogen-bond acceptors (Lipinski definition) is 3. The Morgan fingerprint density at radius 2 is 1.95 bits per heavy atom. The van der Waals surface area contributed by atoms with E-state index in [2.05, 4.69) is 17.0 Å². The lowest BCUT2D eigenvalue weighted by Gasteiger charge is -2.04. The van der Waals surface area contributed by atoms with Crippen molar-refractivity contribution in [1.29, 1.82) is 0 Å². The van der Waals surface area contributed by atoms with E-state index in [1.807, 2.05) is 48.7 Å². The molecule has 1 aromatic carbocycles. The summed E-state index contributed by atoms with van der Waals surface area (Å²) in [6, 6.07) is 13.9. The third-order valence-corrected chi connectivity index (χ3v) is 2.90. The fraction of sp³-hybridized carbons (Fsp3) is 0.200. The summed E-state index contributed by atoms with van der Waals surface area (Å²) >= 11 is 0. The lowest BCUT2D eigenvalue weighted by Crippen LogP contribution is -2.03. The molecule has 0 aliphatic heterocycles. The Balaban J connectivity index is 1.61. The Morgan fingerprint density at radius 3 is 2.74 bits per heavy atom. The Hall–Kier alpha value is -2.36. The maximum absolute atomic E-state index is 5.67. The fourth-order valence-corrected chi connectivity index (χ4v) is 1.88. The minimum absolute atomic E-state index is 0.583. The zero-order valence-electron chi connectivity index (χ0n) is 10.8. The van der Waals surface area contributed by atoms with Gasteiger partial charge < -0.3 is 4.74 Å². The second kappa shape index (κ2) is 5.10. The van der Waals surface area contributed by atoms with Crippen LogP contribution < -0.4 is 4.74 Å². The largest absolute Gasteiger partial charge is 0.493 e. The number of aryl methyl sites for hydroxylation is 1. The zero-order chi connectivity index (χ0) is 13.1. The zero-order valence-corrected chi connectivity index (χ0v) is 10.8. The molecule has 0 atom stereocenters. The Kier molecular flexibility index (Phi) is 3.14. The van der Waals surface area contributed by atoms with Gasteiger partial charge in [0.2, 0.25) is 0 Å². The molecule has 2 heterocycles. The molecule has 4 heteroatoms. The van der Waals surface area contributed by atoms with Crippen molar-refractivity contribution in [3.05, 3.63) is 60.0 Å². The molecule has 0 spiro atoms. The van der Waals surface area contributed by atoms with E-state index in [1.165, 1.54) is 5.56 Å². The minimum atomic E-state index is 0.583. The fourth-order valence-electron chi connectivity index (χ4n) is 1.88. The molecular weight excluding hydrogens is 238 g/mol. The molecule has 0 fully saturated rings. The number of fused-ring (bicyclic) bond motifs is 1. The Bertz CT molecular complexity index is 640. The first kappa shape index (κ1) is 11.7. The van der Waals surface area contributed by atoms with Crippen LogP contribution in [0.25, 0.3) is 5.65 Å². The Morgan fingerprint density at radius 1 is 1.11 bits per heavy atom. The number of rotatable bonds is 4. The van der Waals surface area contributed by atoms with Crippen LogP contribution in [0.3, 0.4) is 0 Å². The summed E-state index contributed by atoms with van der Waals surface area (Å²) < 4.78 is 7.45. The van der Waals surface area contributed by atoms with Gasteiger partial charge in [0.1, 0.15) is 5.75 Å². The Labute approximate surface area is 111 Å². The van der Waals surface area contributed by atoms with Gasteiger partial charge in [0.15, 0.2) is 11.5 Å². The van der Waals surface area contributed by atoms with E-state index in [9.17, 15) is 0 Å². The summed E-state index contributed by atoms with van der Waals surface area (Å²) in [5, 5.41) is 4.38. The van der Waals surface area contributed by atoms with Crippen LogP contribution in [-0.2, 0) is 6.42 Å². The van der Waals surface area contributed by atoms with Crippen molar-refractivity contribution >= 4 is 5.65 Å². The molecule has 2 aromatic heterocycles. The van der Waals surface area contributed by atoms with Crippen LogP contribution in [-0.4, -0.2) is 21.2 Å². The molecule has 0 aliphatic carbocycles. The van der Waals surface area contributed by atoms with Crippen LogP contribution in [0.5, 0.6) is 5.75 Å². The van der Waals surface area contributed by atoms with E-state index in [0.29, 0.717) is 13.0 Å². The van der Waals surface area contributed by atoms with Crippen LogP contribution in [0.1, 0.15) is 11.4 Å². The average molecular weight is 253 g/mol. The van der Waals surface area contributed by atoms with E-state index in [-0.39, 0.29) is 0 Å². The first-order valence-corrected chi connectivity index (χ1v) is 6.31. The van der Waals surface area contributed by atoms with Crippen molar-refractivity contribution in [3.63, 3.8) is 0 Å². The van der Waals surface area contributed by atoms with Gasteiger partial charge in [-0.25, -0.2) is 9.50 Å². The monoisotopic (exact) mass is 253 g/mol. The van der Waals surface area contributed by atoms with E-state index >= 15 is 0 Å². The van der Waals surface area contributed by atoms with Crippen molar-refractivity contribution in [2.75, 3.05) is 6.61 Å². The maximum atomic E-state index is 5.67. The highest BCUT2D eigenvalue weighted by Crippen LogP contribution is 2.11. The van der Waals surface area contributed by atoms with E-state index in [0.717, 1.165) is 17.2 Å². The number of aromatic nitrogens is 3. The molecule has 0 amide bonds. The summed E-state index contributed by atoms with van der Waals surface area (Å²) in [6.45, 7) is 2.64. The molecule has 3 aromatic rings. The molecule has 0 bridgehead atoms. The predicted octanol–water partition coefficient (Wildman–Crippen LogP) is 2.66. The van der Waals surface area contributed by atoms with Crippen LogP contribution in [0.4, 0.5) is 0 Å². The van der Waals surface area contributed by atoms with Gasteiger partial charge in [-0.1, -0.05) is 23.8 Å². The van der Waals surface area contributed by atoms with Gasteiger partial charge in [0.05, 0.1) is 6.61 Å². The average Bonchev–Trinajstić information content (AvgIpc) is 2.83. The summed E-state index contributed by atoms with van der Waals surface area (Å²) in [7, 11) is 0. The van der Waals surface area contributed by atoms with Crippen LogP contribution in [0, 0.1) is 6.92 Å². The second-order valence-corrected chi connectivity index (χ2v) is 4.44. The van der Waals surface area contributed by atoms with E-state index in [1.54, 1.807) is 4.52 Å². The summed E-state index contributed by atoms with van der Waals surface area (Å²) in [5.74, 6) is 1.69. The SMILES string of the molecule is Cc1ccc(OCCc2nc3ccccn3n2)cc1. The van der Waals surface area contributed by atoms with E-state index in [4.69, 9.17) is 4.74 Å². The molecule has 3 rings (SSSR count). The van der Waals surface area contributed by atoms with Crippen molar-refractivity contribution < 1.29 is 4.74 Å². The van der Waals surface area contributed by atoms with Crippen LogP contribution >= 0.6 is 0 Å². The smallest absolute Gasteiger partial charge is 0.155 e. The second-order valence-electron chi connectivity index (χ2n) is 4.44. The molecule has 0 aliphatic rings. The topological polar surface area (TPSA) is 39.4 Å².